The summed E-state index contributed by atoms with van der Waals surface area (Å²) in [6, 6.07) is 0. The molecule has 0 amide bonds. The summed E-state index contributed by atoms with van der Waals surface area (Å²) in [5.74, 6) is 0. The van der Waals surface area contributed by atoms with Crippen molar-refractivity contribution in [2.24, 2.45) is 0 Å². The van der Waals surface area contributed by atoms with Crippen molar-refractivity contribution in [3.8, 4) is 0 Å². The molecule has 6 nitrogen and oxygen atoms in total. The van der Waals surface area contributed by atoms with Gasteiger partial charge in [0.2, 0.25) is 0 Å². The van der Waals surface area contributed by atoms with Crippen molar-refractivity contribution in [3.05, 3.63) is 0 Å². The van der Waals surface area contributed by atoms with E-state index in [-0.39, 0.29) is 117 Å². The minimum Gasteiger partial charge on any atom is 0 e. The van der Waals surface area contributed by atoms with Crippen molar-refractivity contribution < 1.29 is 99.9 Å². The molecule has 0 atom stereocenters. The Bertz CT molecular complexity index is 406. The average Bonchev–Trinajstić information content (AvgIpc) is 0.592. The van der Waals surface area contributed by atoms with Crippen molar-refractivity contribution in [2.45, 2.75) is 0 Å². The van der Waals surface area contributed by atoms with Gasteiger partial charge in [0.15, 0.2) is 0 Å². The molecule has 0 saturated heterocycles. The van der Waals surface area contributed by atoms with Crippen LogP contribution in [0, 0.1) is 25.3 Å². The molecule has 0 rings (SSSR count). The maximum absolute atomic E-state index is 9.32. The van der Waals surface area contributed by atoms with Gasteiger partial charge in [0.05, 0.1) is 0 Å². The maximum Gasteiger partial charge on any atom is 0 e. The van der Waals surface area contributed by atoms with E-state index in [9.17, 15) is 16.3 Å². The Morgan fingerprint density at radius 1 is 0.917 bits per heavy atom. The molecule has 12 heteroatoms. The van der Waals surface area contributed by atoms with Crippen molar-refractivity contribution in [1.29, 1.82) is 0 Å². The van der Waals surface area contributed by atoms with Crippen LogP contribution < -0.4 is 0 Å². The molecule has 0 aromatic heterocycles. The molecule has 2 N–H and O–H groups in total. The quantitative estimate of drug-likeness (QED) is 0.248. The fourth-order valence-electron chi connectivity index (χ4n) is 0. The van der Waals surface area contributed by atoms with Gasteiger partial charge in [0.25, 0.3) is 0 Å². The molecule has 0 unspecified atom stereocenters. The fraction of sp³-hybridized carbons (Fsp3) is 0. The fourth-order valence-corrected chi connectivity index (χ4v) is 0. The summed E-state index contributed by atoms with van der Waals surface area (Å²) < 4.78 is 46.6. The summed E-state index contributed by atoms with van der Waals surface area (Å²) in [5, 5.41) is 0. The van der Waals surface area contributed by atoms with Crippen molar-refractivity contribution in [2.75, 3.05) is 0 Å². The van der Waals surface area contributed by atoms with Crippen molar-refractivity contribution in [1.82, 2.24) is 0 Å². The van der Waals surface area contributed by atoms with Crippen LogP contribution in [0.3, 0.4) is 0 Å². The molecule has 0 aromatic carbocycles. The zero-order valence-corrected chi connectivity index (χ0v) is 15.6. The molecule has 0 aliphatic rings. The van der Waals surface area contributed by atoms with Gasteiger partial charge >= 0.3 is 118 Å². The zero-order valence-electron chi connectivity index (χ0n) is 4.44. The Hall–Kier alpha value is 4.47. The van der Waals surface area contributed by atoms with Gasteiger partial charge in [-0.05, 0) is 0 Å². The molecule has 1 radical (unpaired) electrons. The van der Waals surface area contributed by atoms with Crippen LogP contribution in [0.15, 0.2) is 0 Å². The zero-order chi connectivity index (χ0) is 6.41. The molecule has 12 heavy (non-hydrogen) atoms. The predicted octanol–water partition coefficient (Wildman–Crippen LogP) is -2.99. The van der Waals surface area contributed by atoms with E-state index in [0.717, 1.165) is 0 Å². The summed E-state index contributed by atoms with van der Waals surface area (Å²) in [4.78, 5) is 0. The Morgan fingerprint density at radius 3 is 0.917 bits per heavy atom. The van der Waals surface area contributed by atoms with Crippen LogP contribution in [-0.4, -0.2) is 72.8 Å². The van der Waals surface area contributed by atoms with E-state index in [1.807, 2.05) is 0 Å². The monoisotopic (exact) mass is 724 g/mol. The SMILES string of the molecule is O.[CaH2].[NaH].[Nb].[O]=[Ta](=[O])(=[O])(=[O])(=[O])[U].[Ti]. The van der Waals surface area contributed by atoms with Gasteiger partial charge in [-0.3, -0.25) is 0 Å². The average molecular weight is 724 g/mol. The first-order valence-corrected chi connectivity index (χ1v) is 24.5. The normalized spacial score (nSPS) is 7.17. The minimum absolute atomic E-state index is 0. The molecular formula is H5CaNaNbO6TaTiU. The van der Waals surface area contributed by atoms with E-state index < -0.39 is 34.0 Å². The summed E-state index contributed by atoms with van der Waals surface area (Å²) >= 11 is -1.56. The van der Waals surface area contributed by atoms with E-state index >= 15 is 0 Å². The van der Waals surface area contributed by atoms with Gasteiger partial charge in [0.1, 0.15) is 0 Å². The third kappa shape index (κ3) is 132. The number of hydrogen-bond acceptors (Lipinski definition) is 5. The van der Waals surface area contributed by atoms with Crippen molar-refractivity contribution in [3.63, 3.8) is 0 Å². The topological polar surface area (TPSA) is 117 Å². The minimum atomic E-state index is -8.43. The summed E-state index contributed by atoms with van der Waals surface area (Å²) in [7, 11) is -8.43. The second-order valence-electron chi connectivity index (χ2n) is 1.20. The van der Waals surface area contributed by atoms with Gasteiger partial charge < -0.3 is 5.48 Å². The van der Waals surface area contributed by atoms with E-state index in [2.05, 4.69) is 0 Å². The van der Waals surface area contributed by atoms with Crippen molar-refractivity contribution >= 4 is 67.3 Å². The third-order valence-corrected chi connectivity index (χ3v) is 0. The van der Waals surface area contributed by atoms with Gasteiger partial charge in [-0.1, -0.05) is 0 Å². The van der Waals surface area contributed by atoms with Gasteiger partial charge in [0, 0.05) is 44.1 Å². The first kappa shape index (κ1) is 36.0. The van der Waals surface area contributed by atoms with Crippen LogP contribution in [0.5, 0.6) is 0 Å². The van der Waals surface area contributed by atoms with Gasteiger partial charge in [-0.25, -0.2) is 0 Å². The Kier molecular flexibility index (Phi) is 25.6. The molecule has 62 valence electrons. The van der Waals surface area contributed by atoms with Crippen LogP contribution in [0.25, 0.3) is 0 Å². The molecule has 0 spiro atoms. The van der Waals surface area contributed by atoms with E-state index in [1.165, 1.54) is 0 Å². The second kappa shape index (κ2) is 8.54. The van der Waals surface area contributed by atoms with E-state index in [1.54, 1.807) is 0 Å². The van der Waals surface area contributed by atoms with E-state index in [0.29, 0.717) is 0 Å². The van der Waals surface area contributed by atoms with Crippen LogP contribution in [0.4, 0.5) is 0 Å². The second-order valence-corrected chi connectivity index (χ2v) is 40.9. The van der Waals surface area contributed by atoms with Gasteiger partial charge in [-0.15, -0.1) is 0 Å². The van der Waals surface area contributed by atoms with Crippen LogP contribution in [0.2, 0.25) is 0 Å². The predicted molar refractivity (Wildman–Crippen MR) is 22.7 cm³/mol. The molecular weight excluding hydrogens is 719 g/mol. The molecule has 0 aliphatic heterocycles. The van der Waals surface area contributed by atoms with E-state index in [4.69, 9.17) is 0 Å². The molecule has 0 saturated carbocycles. The third-order valence-electron chi connectivity index (χ3n) is 0. The Morgan fingerprint density at radius 2 is 0.917 bits per heavy atom. The molecule has 0 fully saturated rings. The molecule has 0 heterocycles. The largest absolute Gasteiger partial charge is 0 e. The molecule has 0 aliphatic carbocycles. The smallest absolute Gasteiger partial charge is 0 e. The molecule has 0 bridgehead atoms. The molecule has 0 aromatic rings. The number of hydrogen-bond donors (Lipinski definition) is 0. The first-order chi connectivity index (χ1) is 2.45. The van der Waals surface area contributed by atoms with Crippen LogP contribution in [-0.2, 0) is 69.1 Å². The summed E-state index contributed by atoms with van der Waals surface area (Å²) in [6.07, 6.45) is 0. The van der Waals surface area contributed by atoms with Crippen LogP contribution >= 0.6 is 0 Å². The van der Waals surface area contributed by atoms with Crippen LogP contribution in [0.1, 0.15) is 0 Å². The summed E-state index contributed by atoms with van der Waals surface area (Å²) in [5.41, 5.74) is 0. The first-order valence-electron chi connectivity index (χ1n) is 1.14. The standard InChI is InChI=1S/Ca.Na.Nb.H2O.5O.Ta.Ti.U.3H/h;;;1H2;;;;;;;;;;;. The van der Waals surface area contributed by atoms with Gasteiger partial charge in [-0.2, -0.15) is 0 Å². The summed E-state index contributed by atoms with van der Waals surface area (Å²) in [6.45, 7) is 0. The number of rotatable bonds is 0. The Labute approximate surface area is 162 Å². The maximum atomic E-state index is 9.32. The Balaban J connectivity index is -0.0000000180.